The van der Waals surface area contributed by atoms with Gasteiger partial charge >= 0.3 is 0 Å². The number of anilines is 1. The molecule has 1 aromatic heterocycles. The van der Waals surface area contributed by atoms with E-state index in [1.807, 2.05) is 6.34 Å². The standard InChI is InChI=1S/C16H15N3/c1-18-14-7-3-2-5-12(14)13-6-4-8-15(16(13)18)19-10-9-17-11-19/h2-8,11H,9-10H2,1H3. The molecule has 0 radical (unpaired) electrons. The van der Waals surface area contributed by atoms with Gasteiger partial charge in [0, 0.05) is 29.9 Å². The Kier molecular flexibility index (Phi) is 2.15. The van der Waals surface area contributed by atoms with Gasteiger partial charge in [0.1, 0.15) is 0 Å². The van der Waals surface area contributed by atoms with Crippen LogP contribution in [0.2, 0.25) is 0 Å². The number of hydrogen-bond acceptors (Lipinski definition) is 2. The van der Waals surface area contributed by atoms with Gasteiger partial charge in [0.2, 0.25) is 0 Å². The lowest BCUT2D eigenvalue weighted by molar-refractivity contribution is 0.992. The monoisotopic (exact) mass is 249 g/mol. The van der Waals surface area contributed by atoms with Crippen molar-refractivity contribution in [1.29, 1.82) is 0 Å². The Balaban J connectivity index is 2.13. The van der Waals surface area contributed by atoms with E-state index in [1.165, 1.54) is 27.5 Å². The molecule has 4 rings (SSSR count). The van der Waals surface area contributed by atoms with Gasteiger partial charge in [-0.15, -0.1) is 0 Å². The number of nitrogens with zero attached hydrogens (tertiary/aromatic N) is 3. The van der Waals surface area contributed by atoms with E-state index in [1.54, 1.807) is 0 Å². The molecule has 2 aromatic carbocycles. The van der Waals surface area contributed by atoms with Crippen molar-refractivity contribution in [2.45, 2.75) is 0 Å². The minimum atomic E-state index is 0.889. The Morgan fingerprint density at radius 2 is 1.84 bits per heavy atom. The number of para-hydroxylation sites is 2. The SMILES string of the molecule is Cn1c2ccccc2c2cccc(N3C=NCC3)c21. The number of aryl methyl sites for hydroxylation is 1. The summed E-state index contributed by atoms with van der Waals surface area (Å²) in [6.07, 6.45) is 1.95. The summed E-state index contributed by atoms with van der Waals surface area (Å²) >= 11 is 0. The van der Waals surface area contributed by atoms with Crippen molar-refractivity contribution in [3.63, 3.8) is 0 Å². The molecule has 0 saturated heterocycles. The number of benzene rings is 2. The Morgan fingerprint density at radius 1 is 1.00 bits per heavy atom. The molecular weight excluding hydrogens is 234 g/mol. The lowest BCUT2D eigenvalue weighted by atomic mass is 10.1. The van der Waals surface area contributed by atoms with Crippen LogP contribution in [0.5, 0.6) is 0 Å². The molecule has 1 aliphatic heterocycles. The van der Waals surface area contributed by atoms with E-state index in [4.69, 9.17) is 0 Å². The molecule has 0 bridgehead atoms. The average Bonchev–Trinajstić information content (AvgIpc) is 3.08. The van der Waals surface area contributed by atoms with Gasteiger partial charge in [0.05, 0.1) is 24.1 Å². The van der Waals surface area contributed by atoms with Crippen LogP contribution in [-0.2, 0) is 7.05 Å². The third-order valence-corrected chi connectivity index (χ3v) is 3.91. The molecule has 0 fully saturated rings. The Bertz CT molecular complexity index is 798. The smallest absolute Gasteiger partial charge is 0.0896 e. The van der Waals surface area contributed by atoms with Crippen LogP contribution in [0.3, 0.4) is 0 Å². The van der Waals surface area contributed by atoms with Crippen LogP contribution in [0.15, 0.2) is 47.5 Å². The van der Waals surface area contributed by atoms with Gasteiger partial charge in [-0.25, -0.2) is 0 Å². The predicted molar refractivity (Wildman–Crippen MR) is 81.1 cm³/mol. The number of aliphatic imine (C=N–C) groups is 1. The van der Waals surface area contributed by atoms with Gasteiger partial charge in [0.25, 0.3) is 0 Å². The molecule has 94 valence electrons. The van der Waals surface area contributed by atoms with E-state index in [0.29, 0.717) is 0 Å². The van der Waals surface area contributed by atoms with E-state index in [0.717, 1.165) is 13.1 Å². The lowest BCUT2D eigenvalue weighted by Crippen LogP contribution is -2.18. The fraction of sp³-hybridized carbons (Fsp3) is 0.188. The summed E-state index contributed by atoms with van der Waals surface area (Å²) in [5.41, 5.74) is 3.82. The summed E-state index contributed by atoms with van der Waals surface area (Å²) < 4.78 is 2.28. The number of aromatic nitrogens is 1. The molecule has 2 heterocycles. The highest BCUT2D eigenvalue weighted by Crippen LogP contribution is 2.34. The number of hydrogen-bond donors (Lipinski definition) is 0. The van der Waals surface area contributed by atoms with Crippen LogP contribution in [0.25, 0.3) is 21.8 Å². The molecule has 19 heavy (non-hydrogen) atoms. The first-order valence-electron chi connectivity index (χ1n) is 6.59. The highest BCUT2D eigenvalue weighted by atomic mass is 15.2. The molecule has 0 atom stereocenters. The normalized spacial score (nSPS) is 14.9. The van der Waals surface area contributed by atoms with E-state index in [9.17, 15) is 0 Å². The minimum Gasteiger partial charge on any atom is -0.342 e. The van der Waals surface area contributed by atoms with E-state index in [2.05, 4.69) is 64.0 Å². The number of fused-ring (bicyclic) bond motifs is 3. The summed E-state index contributed by atoms with van der Waals surface area (Å²) in [6, 6.07) is 15.1. The van der Waals surface area contributed by atoms with Gasteiger partial charge in [-0.1, -0.05) is 30.3 Å². The van der Waals surface area contributed by atoms with Crippen LogP contribution in [0.1, 0.15) is 0 Å². The molecule has 3 aromatic rings. The molecule has 0 N–H and O–H groups in total. The minimum absolute atomic E-state index is 0.889. The Hall–Kier alpha value is -2.29. The first kappa shape index (κ1) is 10.6. The highest BCUT2D eigenvalue weighted by Gasteiger charge is 2.16. The van der Waals surface area contributed by atoms with Gasteiger partial charge in [0.15, 0.2) is 0 Å². The van der Waals surface area contributed by atoms with Crippen molar-refractivity contribution in [3.8, 4) is 0 Å². The average molecular weight is 249 g/mol. The number of rotatable bonds is 1. The largest absolute Gasteiger partial charge is 0.342 e. The summed E-state index contributed by atoms with van der Waals surface area (Å²) in [7, 11) is 2.14. The van der Waals surface area contributed by atoms with Crippen molar-refractivity contribution < 1.29 is 0 Å². The van der Waals surface area contributed by atoms with Crippen LogP contribution in [0.4, 0.5) is 5.69 Å². The molecule has 1 aliphatic rings. The van der Waals surface area contributed by atoms with Crippen LogP contribution in [-0.4, -0.2) is 24.0 Å². The van der Waals surface area contributed by atoms with Crippen molar-refractivity contribution in [1.82, 2.24) is 4.57 Å². The summed E-state index contributed by atoms with van der Waals surface area (Å²) in [5, 5.41) is 2.63. The molecule has 3 nitrogen and oxygen atoms in total. The predicted octanol–water partition coefficient (Wildman–Crippen LogP) is 3.18. The van der Waals surface area contributed by atoms with Crippen LogP contribution in [0, 0.1) is 0 Å². The van der Waals surface area contributed by atoms with Crippen LogP contribution >= 0.6 is 0 Å². The molecule has 0 aliphatic carbocycles. The van der Waals surface area contributed by atoms with E-state index < -0.39 is 0 Å². The second kappa shape index (κ2) is 3.85. The maximum atomic E-state index is 4.32. The highest BCUT2D eigenvalue weighted by molar-refractivity contribution is 6.13. The zero-order valence-corrected chi connectivity index (χ0v) is 10.9. The fourth-order valence-corrected chi connectivity index (χ4v) is 3.01. The second-order valence-electron chi connectivity index (χ2n) is 4.96. The molecule has 0 unspecified atom stereocenters. The fourth-order valence-electron chi connectivity index (χ4n) is 3.01. The van der Waals surface area contributed by atoms with Crippen molar-refractivity contribution in [3.05, 3.63) is 42.5 Å². The molecular formula is C16H15N3. The quantitative estimate of drug-likeness (QED) is 0.648. The lowest BCUT2D eigenvalue weighted by Gasteiger charge is -2.16. The third-order valence-electron chi connectivity index (χ3n) is 3.91. The van der Waals surface area contributed by atoms with Crippen molar-refractivity contribution in [2.24, 2.45) is 12.0 Å². The summed E-state index contributed by atoms with van der Waals surface area (Å²) in [4.78, 5) is 6.56. The molecule has 0 spiro atoms. The first-order valence-corrected chi connectivity index (χ1v) is 6.59. The zero-order valence-electron chi connectivity index (χ0n) is 10.9. The van der Waals surface area contributed by atoms with E-state index in [-0.39, 0.29) is 0 Å². The van der Waals surface area contributed by atoms with Gasteiger partial charge in [-0.2, -0.15) is 0 Å². The molecule has 3 heteroatoms. The summed E-state index contributed by atoms with van der Waals surface area (Å²) in [6.45, 7) is 1.86. The summed E-state index contributed by atoms with van der Waals surface area (Å²) in [5.74, 6) is 0. The van der Waals surface area contributed by atoms with Crippen molar-refractivity contribution in [2.75, 3.05) is 18.0 Å². The molecule has 0 saturated carbocycles. The zero-order chi connectivity index (χ0) is 12.8. The first-order chi connectivity index (χ1) is 9.36. The Labute approximate surface area is 111 Å². The van der Waals surface area contributed by atoms with Gasteiger partial charge < -0.3 is 9.47 Å². The van der Waals surface area contributed by atoms with Crippen LogP contribution < -0.4 is 4.90 Å². The Morgan fingerprint density at radius 3 is 2.68 bits per heavy atom. The van der Waals surface area contributed by atoms with Crippen molar-refractivity contribution >= 4 is 33.8 Å². The topological polar surface area (TPSA) is 20.5 Å². The second-order valence-corrected chi connectivity index (χ2v) is 4.96. The van der Waals surface area contributed by atoms with Gasteiger partial charge in [-0.3, -0.25) is 4.99 Å². The molecule has 0 amide bonds. The third kappa shape index (κ3) is 1.41. The van der Waals surface area contributed by atoms with Gasteiger partial charge in [-0.05, 0) is 12.1 Å². The maximum absolute atomic E-state index is 4.32. The maximum Gasteiger partial charge on any atom is 0.0896 e. The van der Waals surface area contributed by atoms with E-state index >= 15 is 0 Å².